The van der Waals surface area contributed by atoms with E-state index in [1.807, 2.05) is 36.4 Å². The summed E-state index contributed by atoms with van der Waals surface area (Å²) in [4.78, 5) is 0. The first-order valence-corrected chi connectivity index (χ1v) is 10.5. The first kappa shape index (κ1) is 17.5. The maximum Gasteiger partial charge on any atom is 0.213 e. The van der Waals surface area contributed by atoms with Crippen LogP contribution in [-0.2, 0) is 0 Å². The van der Waals surface area contributed by atoms with Crippen LogP contribution in [0, 0.1) is 0 Å². The summed E-state index contributed by atoms with van der Waals surface area (Å²) >= 11 is 6.28. The van der Waals surface area contributed by atoms with Crippen LogP contribution in [0.2, 0.25) is 5.02 Å². The third-order valence-electron chi connectivity index (χ3n) is 5.92. The third-order valence-corrected chi connectivity index (χ3v) is 6.15. The van der Waals surface area contributed by atoms with E-state index < -0.39 is 0 Å². The summed E-state index contributed by atoms with van der Waals surface area (Å²) in [5, 5.41) is 10.3. The molecule has 0 aliphatic carbocycles. The minimum Gasteiger partial charge on any atom is -0.464 e. The van der Waals surface area contributed by atoms with Gasteiger partial charge in [0.1, 0.15) is 5.75 Å². The summed E-state index contributed by atoms with van der Waals surface area (Å²) in [7, 11) is 0. The van der Waals surface area contributed by atoms with E-state index in [1.54, 1.807) is 0 Å². The quantitative estimate of drug-likeness (QED) is 0.365. The summed E-state index contributed by atoms with van der Waals surface area (Å²) in [5.74, 6) is 0.915. The molecular formula is C26H19ClN2O. The van der Waals surface area contributed by atoms with Crippen LogP contribution in [0.1, 0.15) is 35.4 Å². The summed E-state index contributed by atoms with van der Waals surface area (Å²) < 4.78 is 6.40. The van der Waals surface area contributed by atoms with Gasteiger partial charge in [-0.25, -0.2) is 5.01 Å². The van der Waals surface area contributed by atoms with Crippen molar-refractivity contribution in [1.82, 2.24) is 5.01 Å². The average Bonchev–Trinajstić information content (AvgIpc) is 3.24. The minimum atomic E-state index is -0.304. The molecule has 4 heteroatoms. The molecule has 0 bridgehead atoms. The van der Waals surface area contributed by atoms with Crippen LogP contribution in [0.15, 0.2) is 96.1 Å². The highest BCUT2D eigenvalue weighted by Gasteiger charge is 2.40. The molecule has 0 saturated heterocycles. The van der Waals surface area contributed by atoms with Gasteiger partial charge in [-0.3, -0.25) is 0 Å². The smallest absolute Gasteiger partial charge is 0.213 e. The molecule has 0 aromatic heterocycles. The fraction of sp³-hybridized carbons (Fsp3) is 0.115. The van der Waals surface area contributed by atoms with Crippen molar-refractivity contribution in [2.45, 2.75) is 18.7 Å². The van der Waals surface area contributed by atoms with Crippen molar-refractivity contribution in [2.24, 2.45) is 5.10 Å². The Kier molecular flexibility index (Phi) is 4.03. The lowest BCUT2D eigenvalue weighted by Crippen LogP contribution is -2.33. The Hall–Kier alpha value is -3.30. The van der Waals surface area contributed by atoms with Crippen LogP contribution in [0.3, 0.4) is 0 Å². The van der Waals surface area contributed by atoms with Gasteiger partial charge in [-0.05, 0) is 40.6 Å². The largest absolute Gasteiger partial charge is 0.464 e. The Bertz CT molecular complexity index is 1300. The normalized spacial score (nSPS) is 19.8. The highest BCUT2D eigenvalue weighted by atomic mass is 35.5. The first-order chi connectivity index (χ1) is 14.8. The molecule has 0 radical (unpaired) electrons. The van der Waals surface area contributed by atoms with Gasteiger partial charge in [0.25, 0.3) is 0 Å². The number of rotatable bonds is 2. The molecule has 6 rings (SSSR count). The monoisotopic (exact) mass is 410 g/mol. The molecule has 0 amide bonds. The minimum absolute atomic E-state index is 0.139. The molecule has 0 N–H and O–H groups in total. The van der Waals surface area contributed by atoms with Crippen molar-refractivity contribution in [1.29, 1.82) is 0 Å². The number of hydrogen-bond acceptors (Lipinski definition) is 3. The SMILES string of the molecule is Clc1cccc([C@@H]2Oc3ccccc3[C@H]3CC(c4ccc5ccccc5c4)=NN32)c1. The van der Waals surface area contributed by atoms with Crippen LogP contribution in [0.25, 0.3) is 10.8 Å². The number of nitrogens with zero attached hydrogens (tertiary/aromatic N) is 2. The van der Waals surface area contributed by atoms with Crippen LogP contribution in [-0.4, -0.2) is 10.7 Å². The van der Waals surface area contributed by atoms with Crippen LogP contribution in [0.5, 0.6) is 5.75 Å². The Morgan fingerprint density at radius 2 is 1.67 bits per heavy atom. The molecule has 0 saturated carbocycles. The van der Waals surface area contributed by atoms with Crippen molar-refractivity contribution in [3.63, 3.8) is 0 Å². The standard InChI is InChI=1S/C26H19ClN2O/c27-21-9-5-8-20(15-21)26-29-24(22-10-3-4-11-25(22)30-26)16-23(28-29)19-13-12-17-6-1-2-7-18(17)14-19/h1-15,24,26H,16H2/t24-,26+/m1/s1. The maximum atomic E-state index is 6.40. The molecule has 2 aliphatic heterocycles. The molecule has 2 atom stereocenters. The number of fused-ring (bicyclic) bond motifs is 4. The van der Waals surface area contributed by atoms with Gasteiger partial charge in [0.2, 0.25) is 6.23 Å². The third kappa shape index (κ3) is 2.86. The molecule has 4 aromatic carbocycles. The molecule has 2 heterocycles. The van der Waals surface area contributed by atoms with Gasteiger partial charge in [0.05, 0.1) is 11.8 Å². The van der Waals surface area contributed by atoms with E-state index in [-0.39, 0.29) is 12.3 Å². The van der Waals surface area contributed by atoms with Crippen molar-refractivity contribution in [3.05, 3.63) is 113 Å². The van der Waals surface area contributed by atoms with E-state index in [9.17, 15) is 0 Å². The Labute approximate surface area is 180 Å². The summed E-state index contributed by atoms with van der Waals surface area (Å²) in [6.45, 7) is 0. The van der Waals surface area contributed by atoms with Gasteiger partial charge >= 0.3 is 0 Å². The summed E-state index contributed by atoms with van der Waals surface area (Å²) in [6.07, 6.45) is 0.539. The van der Waals surface area contributed by atoms with Gasteiger partial charge < -0.3 is 4.74 Å². The zero-order valence-corrected chi connectivity index (χ0v) is 17.0. The van der Waals surface area contributed by atoms with Crippen LogP contribution < -0.4 is 4.74 Å². The number of halogens is 1. The summed E-state index contributed by atoms with van der Waals surface area (Å²) in [5.41, 5.74) is 4.42. The van der Waals surface area contributed by atoms with Crippen molar-refractivity contribution in [3.8, 4) is 5.75 Å². The lowest BCUT2D eigenvalue weighted by Gasteiger charge is -2.38. The molecule has 4 aromatic rings. The van der Waals surface area contributed by atoms with E-state index in [2.05, 4.69) is 59.6 Å². The zero-order chi connectivity index (χ0) is 20.1. The van der Waals surface area contributed by atoms with E-state index in [0.29, 0.717) is 5.02 Å². The van der Waals surface area contributed by atoms with E-state index in [0.717, 1.165) is 29.0 Å². The average molecular weight is 411 g/mol. The van der Waals surface area contributed by atoms with Crippen molar-refractivity contribution in [2.75, 3.05) is 0 Å². The van der Waals surface area contributed by atoms with E-state index in [4.69, 9.17) is 21.4 Å². The van der Waals surface area contributed by atoms with Crippen LogP contribution >= 0.6 is 11.6 Å². The molecule has 3 nitrogen and oxygen atoms in total. The van der Waals surface area contributed by atoms with Crippen molar-refractivity contribution < 1.29 is 4.74 Å². The molecule has 0 spiro atoms. The van der Waals surface area contributed by atoms with Crippen molar-refractivity contribution >= 4 is 28.1 Å². The Balaban J connectivity index is 1.45. The van der Waals surface area contributed by atoms with Gasteiger partial charge in [-0.1, -0.05) is 78.3 Å². The second-order valence-corrected chi connectivity index (χ2v) is 8.21. The maximum absolute atomic E-state index is 6.40. The Morgan fingerprint density at radius 1 is 0.833 bits per heavy atom. The van der Waals surface area contributed by atoms with Gasteiger partial charge in [0.15, 0.2) is 0 Å². The molecule has 2 aliphatic rings. The fourth-order valence-corrected chi connectivity index (χ4v) is 4.66. The molecule has 0 fully saturated rings. The van der Waals surface area contributed by atoms with Gasteiger partial charge in [-0.15, -0.1) is 0 Å². The lowest BCUT2D eigenvalue weighted by atomic mass is 9.95. The number of ether oxygens (including phenoxy) is 1. The van der Waals surface area contributed by atoms with Crippen LogP contribution in [0.4, 0.5) is 0 Å². The molecule has 30 heavy (non-hydrogen) atoms. The molecule has 0 unspecified atom stereocenters. The fourth-order valence-electron chi connectivity index (χ4n) is 4.46. The predicted molar refractivity (Wildman–Crippen MR) is 121 cm³/mol. The zero-order valence-electron chi connectivity index (χ0n) is 16.2. The van der Waals surface area contributed by atoms with E-state index in [1.165, 1.54) is 16.3 Å². The van der Waals surface area contributed by atoms with Gasteiger partial charge in [0, 0.05) is 22.6 Å². The predicted octanol–water partition coefficient (Wildman–Crippen LogP) is 6.74. The number of para-hydroxylation sites is 1. The molecular weight excluding hydrogens is 392 g/mol. The summed E-state index contributed by atoms with van der Waals surface area (Å²) in [6, 6.07) is 31.2. The van der Waals surface area contributed by atoms with Gasteiger partial charge in [-0.2, -0.15) is 5.10 Å². The first-order valence-electron chi connectivity index (χ1n) is 10.1. The second kappa shape index (κ2) is 6.89. The topological polar surface area (TPSA) is 24.8 Å². The number of hydrogen-bond donors (Lipinski definition) is 0. The highest BCUT2D eigenvalue weighted by Crippen LogP contribution is 2.47. The highest BCUT2D eigenvalue weighted by molar-refractivity contribution is 6.30. The number of benzene rings is 4. The lowest BCUT2D eigenvalue weighted by molar-refractivity contribution is -0.0190. The van der Waals surface area contributed by atoms with E-state index >= 15 is 0 Å². The molecule has 146 valence electrons. The Morgan fingerprint density at radius 3 is 2.57 bits per heavy atom. The second-order valence-electron chi connectivity index (χ2n) is 7.77. The number of hydrazone groups is 1.